The van der Waals surface area contributed by atoms with E-state index in [1.165, 1.54) is 18.9 Å². The quantitative estimate of drug-likeness (QED) is 0.293. The normalized spacial score (nSPS) is 12.3. The Kier molecular flexibility index (Phi) is 9.58. The van der Waals surface area contributed by atoms with Crippen molar-refractivity contribution >= 4 is 6.08 Å². The number of ether oxygens (including phenoxy) is 1. The topological polar surface area (TPSA) is 55.2 Å². The third-order valence-corrected chi connectivity index (χ3v) is 5.53. The van der Waals surface area contributed by atoms with Crippen LogP contribution in [0.25, 0.3) is 28.6 Å². The molecule has 0 bridgehead atoms. The molecule has 33 heavy (non-hydrogen) atoms. The maximum absolute atomic E-state index is 14.7. The van der Waals surface area contributed by atoms with E-state index in [0.29, 0.717) is 11.4 Å². The van der Waals surface area contributed by atoms with Crippen LogP contribution in [0, 0.1) is 5.82 Å². The summed E-state index contributed by atoms with van der Waals surface area (Å²) in [6.07, 6.45) is 14.2. The van der Waals surface area contributed by atoms with Crippen molar-refractivity contribution < 1.29 is 14.2 Å². The largest absolute Gasteiger partial charge is 0.508 e. The first-order chi connectivity index (χ1) is 16.1. The van der Waals surface area contributed by atoms with Gasteiger partial charge < -0.3 is 9.84 Å². The van der Waals surface area contributed by atoms with Gasteiger partial charge in [-0.3, -0.25) is 0 Å². The maximum Gasteiger partial charge on any atom is 0.162 e. The van der Waals surface area contributed by atoms with Crippen LogP contribution in [0.4, 0.5) is 4.39 Å². The maximum atomic E-state index is 14.7. The van der Waals surface area contributed by atoms with Gasteiger partial charge in [0.25, 0.3) is 0 Å². The predicted molar refractivity (Wildman–Crippen MR) is 132 cm³/mol. The van der Waals surface area contributed by atoms with Gasteiger partial charge in [-0.05, 0) is 68.0 Å². The smallest absolute Gasteiger partial charge is 0.162 e. The summed E-state index contributed by atoms with van der Waals surface area (Å²) in [5.41, 5.74) is 2.89. The van der Waals surface area contributed by atoms with Crippen molar-refractivity contribution in [3.05, 3.63) is 72.3 Å². The molecule has 0 aliphatic heterocycles. The second-order valence-corrected chi connectivity index (χ2v) is 8.30. The average Bonchev–Trinajstić information content (AvgIpc) is 2.82. The number of hydrogen-bond donors (Lipinski definition) is 1. The molecule has 0 aliphatic rings. The fourth-order valence-corrected chi connectivity index (χ4v) is 3.55. The Bertz CT molecular complexity index is 1020. The number of allylic oxidation sites excluding steroid dienone is 1. The van der Waals surface area contributed by atoms with E-state index in [0.717, 1.165) is 49.0 Å². The van der Waals surface area contributed by atoms with Gasteiger partial charge in [0, 0.05) is 24.6 Å². The molecule has 1 unspecified atom stereocenters. The molecule has 2 aromatic carbocycles. The number of nitrogens with zero attached hydrogens (tertiary/aromatic N) is 2. The molecule has 1 atom stereocenters. The average molecular weight is 449 g/mol. The van der Waals surface area contributed by atoms with E-state index in [9.17, 15) is 9.50 Å². The van der Waals surface area contributed by atoms with Crippen molar-refractivity contribution in [3.63, 3.8) is 0 Å². The minimum atomic E-state index is -0.344. The lowest BCUT2D eigenvalue weighted by molar-refractivity contribution is 0.0566. The Hall–Kier alpha value is -3.05. The van der Waals surface area contributed by atoms with Crippen molar-refractivity contribution in [2.75, 3.05) is 6.61 Å². The first kappa shape index (κ1) is 24.6. The number of phenols is 1. The van der Waals surface area contributed by atoms with Gasteiger partial charge in [-0.15, -0.1) is 0 Å². The minimum Gasteiger partial charge on any atom is -0.508 e. The standard InChI is InChI=1S/C28H33FN2O2/c1-3-4-8-17-33-21(2)9-6-5-7-10-22-11-16-26(27(29)18-22)28-30-19-24(20-31-28)23-12-14-25(32)15-13-23/h7,10-16,18-21,32H,3-6,8-9,17H2,1-2H3/b10-7+. The zero-order chi connectivity index (χ0) is 23.5. The van der Waals surface area contributed by atoms with Crippen LogP contribution in [0.1, 0.15) is 57.9 Å². The van der Waals surface area contributed by atoms with Crippen LogP contribution in [0.15, 0.2) is 60.9 Å². The number of aromatic nitrogens is 2. The minimum absolute atomic E-state index is 0.203. The third kappa shape index (κ3) is 7.79. The number of phenolic OH excluding ortho intramolecular Hbond substituents is 1. The summed E-state index contributed by atoms with van der Waals surface area (Å²) in [5.74, 6) is 0.205. The highest BCUT2D eigenvalue weighted by atomic mass is 19.1. The van der Waals surface area contributed by atoms with E-state index in [4.69, 9.17) is 4.74 Å². The molecule has 0 saturated carbocycles. The summed E-state index contributed by atoms with van der Waals surface area (Å²) in [6, 6.07) is 11.9. The molecule has 174 valence electrons. The lowest BCUT2D eigenvalue weighted by Crippen LogP contribution is -2.08. The SMILES string of the molecule is CCCCCOC(C)CCC/C=C/c1ccc(-c2ncc(-c3ccc(O)cc3)cn2)c(F)c1. The lowest BCUT2D eigenvalue weighted by Gasteiger charge is -2.12. The van der Waals surface area contributed by atoms with Gasteiger partial charge in [0.1, 0.15) is 11.6 Å². The monoisotopic (exact) mass is 448 g/mol. The summed E-state index contributed by atoms with van der Waals surface area (Å²) in [4.78, 5) is 8.66. The Morgan fingerprint density at radius 2 is 1.76 bits per heavy atom. The van der Waals surface area contributed by atoms with E-state index in [2.05, 4.69) is 29.9 Å². The molecule has 0 spiro atoms. The summed E-state index contributed by atoms with van der Waals surface area (Å²) in [7, 11) is 0. The van der Waals surface area contributed by atoms with E-state index < -0.39 is 0 Å². The predicted octanol–water partition coefficient (Wildman–Crippen LogP) is 7.43. The molecular weight excluding hydrogens is 415 g/mol. The van der Waals surface area contributed by atoms with E-state index >= 15 is 0 Å². The fraction of sp³-hybridized carbons (Fsp3) is 0.357. The van der Waals surface area contributed by atoms with Crippen LogP contribution in [-0.4, -0.2) is 27.8 Å². The van der Waals surface area contributed by atoms with Crippen LogP contribution in [0.5, 0.6) is 5.75 Å². The van der Waals surface area contributed by atoms with Crippen molar-refractivity contribution in [1.82, 2.24) is 9.97 Å². The van der Waals surface area contributed by atoms with Crippen molar-refractivity contribution in [2.24, 2.45) is 0 Å². The van der Waals surface area contributed by atoms with Crippen LogP contribution in [-0.2, 0) is 4.74 Å². The van der Waals surface area contributed by atoms with Crippen LogP contribution >= 0.6 is 0 Å². The molecule has 1 aromatic heterocycles. The summed E-state index contributed by atoms with van der Waals surface area (Å²) in [6.45, 7) is 5.17. The molecule has 0 fully saturated rings. The first-order valence-corrected chi connectivity index (χ1v) is 11.8. The number of rotatable bonds is 12. The highest BCUT2D eigenvalue weighted by Gasteiger charge is 2.09. The van der Waals surface area contributed by atoms with Crippen LogP contribution in [0.2, 0.25) is 0 Å². The van der Waals surface area contributed by atoms with E-state index in [1.54, 1.807) is 42.7 Å². The summed E-state index contributed by atoms with van der Waals surface area (Å²) in [5, 5.41) is 9.41. The molecule has 0 saturated heterocycles. The number of unbranched alkanes of at least 4 members (excludes halogenated alkanes) is 3. The highest BCUT2D eigenvalue weighted by Crippen LogP contribution is 2.24. The molecule has 0 amide bonds. The Labute approximate surface area is 196 Å². The van der Waals surface area contributed by atoms with Gasteiger partial charge in [-0.2, -0.15) is 0 Å². The molecule has 5 heteroatoms. The Balaban J connectivity index is 1.51. The van der Waals surface area contributed by atoms with Crippen LogP contribution in [0.3, 0.4) is 0 Å². The lowest BCUT2D eigenvalue weighted by atomic mass is 10.1. The molecule has 0 aliphatic carbocycles. The Morgan fingerprint density at radius 3 is 2.45 bits per heavy atom. The molecule has 0 radical (unpaired) electrons. The number of aromatic hydroxyl groups is 1. The number of halogens is 1. The van der Waals surface area contributed by atoms with Gasteiger partial charge in [0.15, 0.2) is 5.82 Å². The molecule has 4 nitrogen and oxygen atoms in total. The highest BCUT2D eigenvalue weighted by molar-refractivity contribution is 5.65. The fourth-order valence-electron chi connectivity index (χ4n) is 3.55. The van der Waals surface area contributed by atoms with Crippen molar-refractivity contribution in [2.45, 2.75) is 58.5 Å². The molecular formula is C28H33FN2O2. The van der Waals surface area contributed by atoms with Crippen molar-refractivity contribution in [3.8, 4) is 28.3 Å². The second-order valence-electron chi connectivity index (χ2n) is 8.30. The van der Waals surface area contributed by atoms with Crippen molar-refractivity contribution in [1.29, 1.82) is 0 Å². The zero-order valence-corrected chi connectivity index (χ0v) is 19.5. The summed E-state index contributed by atoms with van der Waals surface area (Å²) >= 11 is 0. The second kappa shape index (κ2) is 12.9. The van der Waals surface area contributed by atoms with Gasteiger partial charge in [0.05, 0.1) is 11.7 Å². The molecule has 3 aromatic rings. The molecule has 1 N–H and O–H groups in total. The molecule has 3 rings (SSSR count). The van der Waals surface area contributed by atoms with E-state index in [-0.39, 0.29) is 17.7 Å². The van der Waals surface area contributed by atoms with E-state index in [1.807, 2.05) is 12.1 Å². The zero-order valence-electron chi connectivity index (χ0n) is 19.5. The number of benzene rings is 2. The number of hydrogen-bond acceptors (Lipinski definition) is 4. The third-order valence-electron chi connectivity index (χ3n) is 5.53. The van der Waals surface area contributed by atoms with Gasteiger partial charge in [-0.1, -0.05) is 50.1 Å². The van der Waals surface area contributed by atoms with Gasteiger partial charge >= 0.3 is 0 Å². The van der Waals surface area contributed by atoms with Crippen LogP contribution < -0.4 is 0 Å². The van der Waals surface area contributed by atoms with Gasteiger partial charge in [0.2, 0.25) is 0 Å². The Morgan fingerprint density at radius 1 is 1.00 bits per heavy atom. The first-order valence-electron chi connectivity index (χ1n) is 11.8. The summed E-state index contributed by atoms with van der Waals surface area (Å²) < 4.78 is 20.5. The molecule has 1 heterocycles. The van der Waals surface area contributed by atoms with Gasteiger partial charge in [-0.25, -0.2) is 14.4 Å².